The van der Waals surface area contributed by atoms with Gasteiger partial charge in [-0.15, -0.1) is 0 Å². The van der Waals surface area contributed by atoms with Crippen LogP contribution < -0.4 is 10.6 Å². The minimum Gasteiger partial charge on any atom is -0.387 e. The zero-order chi connectivity index (χ0) is 19.5. The fraction of sp³-hybridized carbons (Fsp3) is 0.304. The highest BCUT2D eigenvalue weighted by molar-refractivity contribution is 5.83. The normalized spacial score (nSPS) is 17.6. The Labute approximate surface area is 165 Å². The van der Waals surface area contributed by atoms with Crippen LogP contribution in [0.3, 0.4) is 0 Å². The Hall–Kier alpha value is -2.47. The summed E-state index contributed by atoms with van der Waals surface area (Å²) in [6.07, 6.45) is -0.695. The summed E-state index contributed by atoms with van der Waals surface area (Å²) in [5.74, 6) is -0.212. The summed E-state index contributed by atoms with van der Waals surface area (Å²) < 4.78 is 13.1. The van der Waals surface area contributed by atoms with Crippen LogP contribution >= 0.6 is 0 Å². The van der Waals surface area contributed by atoms with Gasteiger partial charge in [-0.2, -0.15) is 0 Å². The maximum Gasteiger partial charge on any atom is 0.123 e. The van der Waals surface area contributed by atoms with Gasteiger partial charge in [-0.25, -0.2) is 4.39 Å². The molecule has 5 heteroatoms. The Morgan fingerprint density at radius 1 is 0.893 bits per heavy atom. The van der Waals surface area contributed by atoms with Crippen LogP contribution in [-0.2, 0) is 0 Å². The van der Waals surface area contributed by atoms with Crippen LogP contribution in [0.2, 0.25) is 0 Å². The van der Waals surface area contributed by atoms with Crippen LogP contribution in [0.1, 0.15) is 11.7 Å². The summed E-state index contributed by atoms with van der Waals surface area (Å²) >= 11 is 0. The zero-order valence-corrected chi connectivity index (χ0v) is 15.8. The molecular weight excluding hydrogens is 353 g/mol. The van der Waals surface area contributed by atoms with Gasteiger partial charge < -0.3 is 15.7 Å². The molecule has 146 valence electrons. The number of nitrogens with zero attached hydrogens (tertiary/aromatic N) is 2. The number of hydrogen-bond donors (Lipinski definition) is 2. The van der Waals surface area contributed by atoms with Gasteiger partial charge in [-0.1, -0.05) is 36.4 Å². The number of hydrogen-bond acceptors (Lipinski definition) is 4. The lowest BCUT2D eigenvalue weighted by molar-refractivity contribution is 0.116. The lowest BCUT2D eigenvalue weighted by atomic mass is 9.99. The highest BCUT2D eigenvalue weighted by Crippen LogP contribution is 2.23. The SMILES string of the molecule is N[C@@H](CN1CCN(c2ccc(F)cc2)CC1)[C@H](O)c1ccc2ccccc2c1. The molecule has 2 atom stereocenters. The Morgan fingerprint density at radius 3 is 2.29 bits per heavy atom. The van der Waals surface area contributed by atoms with Gasteiger partial charge in [0.2, 0.25) is 0 Å². The second-order valence-corrected chi connectivity index (χ2v) is 7.48. The Bertz CT molecular complexity index is 923. The number of aliphatic hydroxyl groups excluding tert-OH is 1. The summed E-state index contributed by atoms with van der Waals surface area (Å²) in [5.41, 5.74) is 8.24. The van der Waals surface area contributed by atoms with Crippen molar-refractivity contribution in [3.05, 3.63) is 78.1 Å². The summed E-state index contributed by atoms with van der Waals surface area (Å²) in [4.78, 5) is 4.54. The van der Waals surface area contributed by atoms with Gasteiger partial charge >= 0.3 is 0 Å². The molecule has 3 aromatic carbocycles. The molecular formula is C23H26FN3O. The first-order valence-corrected chi connectivity index (χ1v) is 9.75. The van der Waals surface area contributed by atoms with Crippen LogP contribution in [0, 0.1) is 5.82 Å². The molecule has 0 bridgehead atoms. The standard InChI is InChI=1S/C23H26FN3O/c24-20-7-9-21(10-8-20)27-13-11-26(12-14-27)16-22(25)23(28)19-6-5-17-3-1-2-4-18(17)15-19/h1-10,15,22-23,28H,11-14,16,25H2/t22-,23+/m0/s1. The highest BCUT2D eigenvalue weighted by atomic mass is 19.1. The van der Waals surface area contributed by atoms with Gasteiger partial charge in [0.1, 0.15) is 5.82 Å². The number of piperazine rings is 1. The number of rotatable bonds is 5. The average molecular weight is 379 g/mol. The van der Waals surface area contributed by atoms with E-state index in [1.54, 1.807) is 0 Å². The molecule has 0 unspecified atom stereocenters. The van der Waals surface area contributed by atoms with E-state index in [1.807, 2.05) is 48.5 Å². The molecule has 0 radical (unpaired) electrons. The molecule has 0 aliphatic carbocycles. The van der Waals surface area contributed by atoms with E-state index in [9.17, 15) is 9.50 Å². The monoisotopic (exact) mass is 379 g/mol. The quantitative estimate of drug-likeness (QED) is 0.715. The van der Waals surface area contributed by atoms with E-state index in [-0.39, 0.29) is 11.9 Å². The zero-order valence-electron chi connectivity index (χ0n) is 15.8. The first kappa shape index (κ1) is 18.9. The minimum absolute atomic E-state index is 0.212. The third-order valence-electron chi connectivity index (χ3n) is 5.55. The number of aliphatic hydroxyl groups is 1. The van der Waals surface area contributed by atoms with Crippen LogP contribution in [-0.4, -0.2) is 48.8 Å². The summed E-state index contributed by atoms with van der Waals surface area (Å²) in [7, 11) is 0. The van der Waals surface area contributed by atoms with E-state index >= 15 is 0 Å². The van der Waals surface area contributed by atoms with E-state index in [0.29, 0.717) is 6.54 Å². The number of anilines is 1. The fourth-order valence-corrected chi connectivity index (χ4v) is 3.88. The molecule has 1 aliphatic rings. The van der Waals surface area contributed by atoms with Crippen molar-refractivity contribution >= 4 is 16.5 Å². The molecule has 4 nitrogen and oxygen atoms in total. The second-order valence-electron chi connectivity index (χ2n) is 7.48. The fourth-order valence-electron chi connectivity index (χ4n) is 3.88. The van der Waals surface area contributed by atoms with Crippen LogP contribution in [0.25, 0.3) is 10.8 Å². The molecule has 1 aliphatic heterocycles. The van der Waals surface area contributed by atoms with Crippen molar-refractivity contribution in [2.24, 2.45) is 5.73 Å². The molecule has 1 saturated heterocycles. The molecule has 0 saturated carbocycles. The van der Waals surface area contributed by atoms with Crippen molar-refractivity contribution in [1.29, 1.82) is 0 Å². The van der Waals surface area contributed by atoms with Crippen LogP contribution in [0.4, 0.5) is 10.1 Å². The summed E-state index contributed by atoms with van der Waals surface area (Å²) in [6, 6.07) is 20.4. The minimum atomic E-state index is -0.695. The Kier molecular flexibility index (Phi) is 5.57. The van der Waals surface area contributed by atoms with E-state index in [2.05, 4.69) is 15.9 Å². The predicted molar refractivity (Wildman–Crippen MR) is 112 cm³/mol. The Morgan fingerprint density at radius 2 is 1.57 bits per heavy atom. The third-order valence-corrected chi connectivity index (χ3v) is 5.55. The first-order valence-electron chi connectivity index (χ1n) is 9.75. The molecule has 3 aromatic rings. The highest BCUT2D eigenvalue weighted by Gasteiger charge is 2.23. The maximum atomic E-state index is 13.1. The number of halogens is 1. The van der Waals surface area contributed by atoms with E-state index in [1.165, 1.54) is 12.1 Å². The predicted octanol–water partition coefficient (Wildman–Crippen LogP) is 3.16. The van der Waals surface area contributed by atoms with Crippen molar-refractivity contribution in [3.63, 3.8) is 0 Å². The van der Waals surface area contributed by atoms with Gasteiger partial charge in [-0.3, -0.25) is 4.90 Å². The topological polar surface area (TPSA) is 52.7 Å². The number of fused-ring (bicyclic) bond motifs is 1. The molecule has 4 rings (SSSR count). The maximum absolute atomic E-state index is 13.1. The molecule has 0 aromatic heterocycles. The molecule has 1 fully saturated rings. The van der Waals surface area contributed by atoms with E-state index < -0.39 is 6.10 Å². The lowest BCUT2D eigenvalue weighted by Crippen LogP contribution is -2.51. The first-order chi connectivity index (χ1) is 13.6. The summed E-state index contributed by atoms with van der Waals surface area (Å²) in [6.45, 7) is 4.12. The summed E-state index contributed by atoms with van der Waals surface area (Å²) in [5, 5.41) is 13.0. The van der Waals surface area contributed by atoms with Crippen molar-refractivity contribution in [2.45, 2.75) is 12.1 Å². The van der Waals surface area contributed by atoms with Gasteiger partial charge in [0.15, 0.2) is 0 Å². The van der Waals surface area contributed by atoms with Gasteiger partial charge in [-0.05, 0) is 46.7 Å². The molecule has 3 N–H and O–H groups in total. The van der Waals surface area contributed by atoms with Crippen LogP contribution in [0.15, 0.2) is 66.7 Å². The molecule has 28 heavy (non-hydrogen) atoms. The Balaban J connectivity index is 1.34. The van der Waals surface area contributed by atoms with Crippen molar-refractivity contribution in [1.82, 2.24) is 4.90 Å². The average Bonchev–Trinajstić information content (AvgIpc) is 2.74. The molecule has 1 heterocycles. The van der Waals surface area contributed by atoms with E-state index in [4.69, 9.17) is 5.73 Å². The van der Waals surface area contributed by atoms with Crippen LogP contribution in [0.5, 0.6) is 0 Å². The number of benzene rings is 3. The van der Waals surface area contributed by atoms with Crippen molar-refractivity contribution < 1.29 is 9.50 Å². The van der Waals surface area contributed by atoms with Crippen molar-refractivity contribution in [2.75, 3.05) is 37.6 Å². The smallest absolute Gasteiger partial charge is 0.123 e. The lowest BCUT2D eigenvalue weighted by Gasteiger charge is -2.37. The van der Waals surface area contributed by atoms with Crippen molar-refractivity contribution in [3.8, 4) is 0 Å². The number of nitrogens with two attached hydrogens (primary N) is 1. The third kappa shape index (κ3) is 4.17. The van der Waals surface area contributed by atoms with Gasteiger partial charge in [0, 0.05) is 44.5 Å². The molecule has 0 spiro atoms. The second kappa shape index (κ2) is 8.27. The van der Waals surface area contributed by atoms with Gasteiger partial charge in [0.25, 0.3) is 0 Å². The molecule has 0 amide bonds. The van der Waals surface area contributed by atoms with E-state index in [0.717, 1.165) is 48.2 Å². The largest absolute Gasteiger partial charge is 0.387 e. The van der Waals surface area contributed by atoms with Gasteiger partial charge in [0.05, 0.1) is 6.10 Å².